The van der Waals surface area contributed by atoms with Gasteiger partial charge in [-0.1, -0.05) is 36.4 Å². The highest BCUT2D eigenvalue weighted by molar-refractivity contribution is 7.12. The zero-order chi connectivity index (χ0) is 18.2. The van der Waals surface area contributed by atoms with Crippen LogP contribution in [-0.2, 0) is 9.59 Å². The van der Waals surface area contributed by atoms with E-state index < -0.39 is 18.1 Å². The van der Waals surface area contributed by atoms with Crippen LogP contribution in [0, 0.1) is 0 Å². The first kappa shape index (κ1) is 18.7. The molecule has 0 saturated heterocycles. The fourth-order valence-corrected chi connectivity index (χ4v) is 2.94. The van der Waals surface area contributed by atoms with Crippen LogP contribution in [-0.4, -0.2) is 28.9 Å². The summed E-state index contributed by atoms with van der Waals surface area (Å²) in [4.78, 5) is 35.8. The van der Waals surface area contributed by atoms with E-state index in [0.29, 0.717) is 4.88 Å². The van der Waals surface area contributed by atoms with E-state index in [0.717, 1.165) is 5.56 Å². The number of hydrogen-bond acceptors (Lipinski definition) is 4. The Morgan fingerprint density at radius 3 is 2.40 bits per heavy atom. The summed E-state index contributed by atoms with van der Waals surface area (Å²) in [5, 5.41) is 16.2. The van der Waals surface area contributed by atoms with Crippen LogP contribution >= 0.6 is 11.3 Å². The van der Waals surface area contributed by atoms with Gasteiger partial charge in [-0.2, -0.15) is 0 Å². The number of amides is 2. The van der Waals surface area contributed by atoms with Gasteiger partial charge in [-0.15, -0.1) is 11.3 Å². The summed E-state index contributed by atoms with van der Waals surface area (Å²) in [6, 6.07) is 11.5. The number of aliphatic carboxylic acids is 1. The van der Waals surface area contributed by atoms with E-state index in [1.54, 1.807) is 24.4 Å². The maximum Gasteiger partial charge on any atom is 0.303 e. The molecule has 2 unspecified atom stereocenters. The average Bonchev–Trinajstić information content (AvgIpc) is 3.13. The second-order valence-electron chi connectivity index (χ2n) is 5.58. The fraction of sp³-hybridized carbons (Fsp3) is 0.278. The fourth-order valence-electron chi connectivity index (χ4n) is 2.31. The summed E-state index contributed by atoms with van der Waals surface area (Å²) in [6.45, 7) is 1.60. The van der Waals surface area contributed by atoms with Crippen LogP contribution in [0.25, 0.3) is 0 Å². The molecule has 0 spiro atoms. The van der Waals surface area contributed by atoms with Crippen LogP contribution in [0.4, 0.5) is 0 Å². The Morgan fingerprint density at radius 1 is 1.08 bits per heavy atom. The molecular formula is C18H20N2O4S. The van der Waals surface area contributed by atoms with Crippen molar-refractivity contribution in [1.82, 2.24) is 10.6 Å². The number of carbonyl (C=O) groups is 3. The first-order valence-electron chi connectivity index (χ1n) is 7.89. The van der Waals surface area contributed by atoms with E-state index in [2.05, 4.69) is 10.6 Å². The molecular weight excluding hydrogens is 340 g/mol. The van der Waals surface area contributed by atoms with Gasteiger partial charge in [0.2, 0.25) is 5.91 Å². The molecule has 6 nitrogen and oxygen atoms in total. The molecule has 0 fully saturated rings. The number of carboxylic acids is 1. The molecule has 3 N–H and O–H groups in total. The Morgan fingerprint density at radius 2 is 1.80 bits per heavy atom. The third-order valence-corrected chi connectivity index (χ3v) is 4.52. The molecule has 2 rings (SSSR count). The lowest BCUT2D eigenvalue weighted by molar-refractivity contribution is -0.137. The van der Waals surface area contributed by atoms with Gasteiger partial charge < -0.3 is 15.7 Å². The van der Waals surface area contributed by atoms with E-state index in [9.17, 15) is 14.4 Å². The van der Waals surface area contributed by atoms with Gasteiger partial charge in [0, 0.05) is 6.42 Å². The Balaban J connectivity index is 2.00. The maximum absolute atomic E-state index is 12.4. The van der Waals surface area contributed by atoms with Gasteiger partial charge in [-0.25, -0.2) is 0 Å². The monoisotopic (exact) mass is 360 g/mol. The molecule has 7 heteroatoms. The summed E-state index contributed by atoms with van der Waals surface area (Å²) >= 11 is 1.30. The number of carbonyl (C=O) groups excluding carboxylic acids is 2. The van der Waals surface area contributed by atoms with Crippen molar-refractivity contribution >= 4 is 29.1 Å². The van der Waals surface area contributed by atoms with Crippen LogP contribution < -0.4 is 10.6 Å². The van der Waals surface area contributed by atoms with Crippen molar-refractivity contribution in [2.45, 2.75) is 31.8 Å². The first-order chi connectivity index (χ1) is 12.0. The quantitative estimate of drug-likeness (QED) is 0.674. The van der Waals surface area contributed by atoms with Crippen molar-refractivity contribution in [1.29, 1.82) is 0 Å². The molecule has 25 heavy (non-hydrogen) atoms. The molecule has 0 saturated carbocycles. The van der Waals surface area contributed by atoms with E-state index in [-0.39, 0.29) is 24.7 Å². The van der Waals surface area contributed by atoms with Gasteiger partial charge >= 0.3 is 5.97 Å². The van der Waals surface area contributed by atoms with E-state index in [1.165, 1.54) is 11.3 Å². The molecule has 2 aromatic rings. The minimum absolute atomic E-state index is 0.0597. The highest BCUT2D eigenvalue weighted by atomic mass is 32.1. The molecule has 0 radical (unpaired) electrons. The van der Waals surface area contributed by atoms with E-state index in [4.69, 9.17) is 5.11 Å². The first-order valence-corrected chi connectivity index (χ1v) is 8.77. The molecule has 0 aliphatic carbocycles. The maximum atomic E-state index is 12.4. The molecule has 1 aromatic heterocycles. The lowest BCUT2D eigenvalue weighted by Gasteiger charge is -2.21. The molecule has 132 valence electrons. The van der Waals surface area contributed by atoms with Crippen LogP contribution in [0.3, 0.4) is 0 Å². The van der Waals surface area contributed by atoms with E-state index >= 15 is 0 Å². The number of benzene rings is 1. The number of rotatable bonds is 8. The third kappa shape index (κ3) is 5.72. The van der Waals surface area contributed by atoms with Gasteiger partial charge in [0.1, 0.15) is 6.04 Å². The van der Waals surface area contributed by atoms with Gasteiger partial charge in [0.05, 0.1) is 10.9 Å². The largest absolute Gasteiger partial charge is 0.481 e. The zero-order valence-electron chi connectivity index (χ0n) is 13.8. The summed E-state index contributed by atoms with van der Waals surface area (Å²) in [7, 11) is 0. The standard InChI is InChI=1S/C18H20N2O4S/c1-12(19-18(24)15-8-5-11-25-15)17(23)20-14(9-10-16(21)22)13-6-3-2-4-7-13/h2-8,11-12,14H,9-10H2,1H3,(H,19,24)(H,20,23)(H,21,22). The van der Waals surface area contributed by atoms with Gasteiger partial charge in [-0.05, 0) is 30.4 Å². The van der Waals surface area contributed by atoms with Crippen molar-refractivity contribution in [3.63, 3.8) is 0 Å². The summed E-state index contributed by atoms with van der Waals surface area (Å²) < 4.78 is 0. The molecule has 0 aliphatic rings. The minimum atomic E-state index is -0.922. The summed E-state index contributed by atoms with van der Waals surface area (Å²) in [5.41, 5.74) is 0.828. The van der Waals surface area contributed by atoms with Gasteiger partial charge in [-0.3, -0.25) is 14.4 Å². The zero-order valence-corrected chi connectivity index (χ0v) is 14.6. The van der Waals surface area contributed by atoms with Gasteiger partial charge in [0.25, 0.3) is 5.91 Å². The molecule has 2 amide bonds. The van der Waals surface area contributed by atoms with Crippen molar-refractivity contribution in [2.75, 3.05) is 0 Å². The highest BCUT2D eigenvalue weighted by Crippen LogP contribution is 2.18. The summed E-state index contributed by atoms with van der Waals surface area (Å²) in [5.74, 6) is -1.59. The van der Waals surface area contributed by atoms with Crippen LogP contribution in [0.5, 0.6) is 0 Å². The lowest BCUT2D eigenvalue weighted by Crippen LogP contribution is -2.45. The van der Waals surface area contributed by atoms with Crippen molar-refractivity contribution in [2.24, 2.45) is 0 Å². The number of carboxylic acid groups (broad SMARTS) is 1. The van der Waals surface area contributed by atoms with Crippen molar-refractivity contribution in [3.05, 3.63) is 58.3 Å². The topological polar surface area (TPSA) is 95.5 Å². The van der Waals surface area contributed by atoms with Crippen molar-refractivity contribution in [3.8, 4) is 0 Å². The number of nitrogens with one attached hydrogen (secondary N) is 2. The molecule has 2 atom stereocenters. The molecule has 0 aliphatic heterocycles. The smallest absolute Gasteiger partial charge is 0.303 e. The average molecular weight is 360 g/mol. The third-order valence-electron chi connectivity index (χ3n) is 3.65. The Kier molecular flexibility index (Phi) is 6.71. The number of hydrogen-bond donors (Lipinski definition) is 3. The summed E-state index contributed by atoms with van der Waals surface area (Å²) in [6.07, 6.45) is 0.215. The van der Waals surface area contributed by atoms with Crippen LogP contribution in [0.1, 0.15) is 41.0 Å². The predicted molar refractivity (Wildman–Crippen MR) is 95.4 cm³/mol. The van der Waals surface area contributed by atoms with E-state index in [1.807, 2.05) is 30.3 Å². The van der Waals surface area contributed by atoms with Crippen LogP contribution in [0.2, 0.25) is 0 Å². The number of thiophene rings is 1. The Hall–Kier alpha value is -2.67. The molecule has 1 heterocycles. The second-order valence-corrected chi connectivity index (χ2v) is 6.52. The molecule has 1 aromatic carbocycles. The van der Waals surface area contributed by atoms with Gasteiger partial charge in [0.15, 0.2) is 0 Å². The normalized spacial score (nSPS) is 12.8. The SMILES string of the molecule is CC(NC(=O)c1cccs1)C(=O)NC(CCC(=O)O)c1ccccc1. The molecule has 0 bridgehead atoms. The van der Waals surface area contributed by atoms with Crippen LogP contribution in [0.15, 0.2) is 47.8 Å². The second kappa shape index (κ2) is 8.98. The minimum Gasteiger partial charge on any atom is -0.481 e. The highest BCUT2D eigenvalue weighted by Gasteiger charge is 2.21. The van der Waals surface area contributed by atoms with Crippen molar-refractivity contribution < 1.29 is 19.5 Å². The lowest BCUT2D eigenvalue weighted by atomic mass is 10.0. The Bertz CT molecular complexity index is 716. The predicted octanol–water partition coefficient (Wildman–Crippen LogP) is 2.59. The Labute approximate surface area is 149 Å².